The second-order valence-corrected chi connectivity index (χ2v) is 28.4. The van der Waals surface area contributed by atoms with Crippen molar-refractivity contribution in [3.63, 3.8) is 0 Å². The van der Waals surface area contributed by atoms with Crippen molar-refractivity contribution < 1.29 is 0 Å². The van der Waals surface area contributed by atoms with Crippen LogP contribution in [0.5, 0.6) is 0 Å². The van der Waals surface area contributed by atoms with Crippen LogP contribution in [0.3, 0.4) is 0 Å². The maximum atomic E-state index is 2.95. The first-order valence-corrected chi connectivity index (χ1v) is 28.3. The Bertz CT molecular complexity index is 3800. The highest BCUT2D eigenvalue weighted by Crippen LogP contribution is 2.64. The zero-order chi connectivity index (χ0) is 49.1. The Morgan fingerprint density at radius 1 is 0.507 bits per heavy atom. The number of hydrogen-bond donors (Lipinski definition) is 0. The van der Waals surface area contributed by atoms with Crippen LogP contribution in [0.4, 0.5) is 22.7 Å². The number of thiophene rings is 2. The molecule has 5 heterocycles. The van der Waals surface area contributed by atoms with Crippen LogP contribution in [0.1, 0.15) is 149 Å². The van der Waals surface area contributed by atoms with Crippen LogP contribution in [0.2, 0.25) is 0 Å². The van der Waals surface area contributed by atoms with Crippen molar-refractivity contribution in [1.29, 1.82) is 0 Å². The van der Waals surface area contributed by atoms with Crippen molar-refractivity contribution in [2.75, 3.05) is 9.71 Å². The minimum atomic E-state index is -0.0796. The first-order valence-electron chi connectivity index (χ1n) is 26.7. The number of fused-ring (bicyclic) bond motifs is 15. The fourth-order valence-electron chi connectivity index (χ4n) is 14.7. The second kappa shape index (κ2) is 14.2. The van der Waals surface area contributed by atoms with Gasteiger partial charge in [-0.05, 0) is 153 Å². The van der Waals surface area contributed by atoms with Gasteiger partial charge in [0.1, 0.15) is 0 Å². The van der Waals surface area contributed by atoms with Crippen molar-refractivity contribution in [3.8, 4) is 22.3 Å². The van der Waals surface area contributed by atoms with E-state index in [1.54, 1.807) is 5.56 Å². The molecular weight excluding hydrogens is 896 g/mol. The van der Waals surface area contributed by atoms with Crippen LogP contribution >= 0.6 is 22.7 Å². The van der Waals surface area contributed by atoms with Gasteiger partial charge in [0.2, 0.25) is 0 Å². The Balaban J connectivity index is 1.19. The summed E-state index contributed by atoms with van der Waals surface area (Å²) in [6.45, 7) is 29.5. The molecule has 0 N–H and O–H groups in total. The Kier molecular flexibility index (Phi) is 8.89. The van der Waals surface area contributed by atoms with Crippen LogP contribution < -0.4 is 20.6 Å². The molecule has 9 aromatic rings. The molecule has 2 aliphatic carbocycles. The second-order valence-electron chi connectivity index (χ2n) is 26.3. The van der Waals surface area contributed by atoms with Gasteiger partial charge in [-0.25, -0.2) is 0 Å². The molecule has 2 atom stereocenters. The van der Waals surface area contributed by atoms with Gasteiger partial charge in [-0.3, -0.25) is 0 Å². The van der Waals surface area contributed by atoms with Crippen molar-refractivity contribution in [1.82, 2.24) is 0 Å². The van der Waals surface area contributed by atoms with E-state index in [-0.39, 0.29) is 39.5 Å². The highest BCUT2D eigenvalue weighted by atomic mass is 32.1. The zero-order valence-electron chi connectivity index (χ0n) is 44.0. The number of hydrogen-bond acceptors (Lipinski definition) is 4. The van der Waals surface area contributed by atoms with Gasteiger partial charge < -0.3 is 9.71 Å². The van der Waals surface area contributed by atoms with E-state index in [1.165, 1.54) is 157 Å². The van der Waals surface area contributed by atoms with E-state index in [4.69, 9.17) is 0 Å². The van der Waals surface area contributed by atoms with E-state index in [9.17, 15) is 0 Å². The highest BCUT2D eigenvalue weighted by Gasteiger charge is 2.62. The highest BCUT2D eigenvalue weighted by molar-refractivity contribution is 7.26. The lowest BCUT2D eigenvalue weighted by Gasteiger charge is -2.53. The lowest BCUT2D eigenvalue weighted by Crippen LogP contribution is -2.64. The molecule has 14 rings (SSSR count). The summed E-state index contributed by atoms with van der Waals surface area (Å²) in [5.74, 6) is 0. The third-order valence-corrected chi connectivity index (χ3v) is 21.4. The molecule has 2 nitrogen and oxygen atoms in total. The lowest BCUT2D eigenvalue weighted by atomic mass is 9.42. The predicted octanol–water partition coefficient (Wildman–Crippen LogP) is 18.0. The molecular formula is C66H67BN2S2. The van der Waals surface area contributed by atoms with Crippen molar-refractivity contribution in [2.24, 2.45) is 0 Å². The van der Waals surface area contributed by atoms with E-state index in [1.807, 2.05) is 22.7 Å². The number of anilines is 4. The molecule has 0 spiro atoms. The molecule has 7 aromatic carbocycles. The molecule has 71 heavy (non-hydrogen) atoms. The Labute approximate surface area is 430 Å². The van der Waals surface area contributed by atoms with Gasteiger partial charge in [-0.1, -0.05) is 156 Å². The SMILES string of the molecule is CC(C)(C)c1ccc(N2B3c4cc(C(C)(C)C)cc5c4N(c4cc6sc7ccccc7c6c(c43)-c3cc4c(cc32)sc2cc3c(cc24)C(C)(C)CCC3(C)C)C2(C)CCCCC52C)c(-c2ccccc2)c1. The van der Waals surface area contributed by atoms with Gasteiger partial charge in [0, 0.05) is 79.6 Å². The molecule has 1 fully saturated rings. The maximum Gasteiger partial charge on any atom is 0.333 e. The number of benzene rings is 7. The van der Waals surface area contributed by atoms with Gasteiger partial charge in [-0.15, -0.1) is 22.7 Å². The summed E-state index contributed by atoms with van der Waals surface area (Å²) in [7, 11) is 0. The number of nitrogens with zero attached hydrogens (tertiary/aromatic N) is 2. The maximum absolute atomic E-state index is 2.95. The average Bonchev–Trinajstić information content (AvgIpc) is 3.95. The summed E-state index contributed by atoms with van der Waals surface area (Å²) in [6.07, 6.45) is 7.33. The summed E-state index contributed by atoms with van der Waals surface area (Å²) >= 11 is 4.00. The Morgan fingerprint density at radius 3 is 1.90 bits per heavy atom. The smallest absolute Gasteiger partial charge is 0.333 e. The van der Waals surface area contributed by atoms with Crippen LogP contribution in [-0.2, 0) is 27.1 Å². The van der Waals surface area contributed by atoms with E-state index < -0.39 is 0 Å². The van der Waals surface area contributed by atoms with Gasteiger partial charge in [0.05, 0.1) is 5.54 Å². The molecule has 356 valence electrons. The Morgan fingerprint density at radius 2 is 1.15 bits per heavy atom. The molecule has 5 heteroatoms. The van der Waals surface area contributed by atoms with Gasteiger partial charge in [0.15, 0.2) is 0 Å². The molecule has 0 amide bonds. The first kappa shape index (κ1) is 44.4. The molecule has 5 aliphatic rings. The molecule has 0 saturated heterocycles. The van der Waals surface area contributed by atoms with Crippen LogP contribution in [-0.4, -0.2) is 12.4 Å². The fourth-order valence-corrected chi connectivity index (χ4v) is 17.0. The molecule has 2 unspecified atom stereocenters. The van der Waals surface area contributed by atoms with E-state index in [0.717, 1.165) is 0 Å². The molecule has 0 bridgehead atoms. The summed E-state index contributed by atoms with van der Waals surface area (Å²) in [6, 6.07) is 46.6. The minimum absolute atomic E-state index is 0.00364. The quantitative estimate of drug-likeness (QED) is 0.159. The third kappa shape index (κ3) is 5.88. The monoisotopic (exact) mass is 962 g/mol. The molecule has 3 aliphatic heterocycles. The summed E-state index contributed by atoms with van der Waals surface area (Å²) in [5, 5.41) is 5.60. The minimum Gasteiger partial charge on any atom is -0.376 e. The average molecular weight is 963 g/mol. The Hall–Kier alpha value is -5.36. The topological polar surface area (TPSA) is 6.48 Å². The summed E-state index contributed by atoms with van der Waals surface area (Å²) in [5.41, 5.74) is 21.4. The fraction of sp³-hybridized carbons (Fsp3) is 0.364. The zero-order valence-corrected chi connectivity index (χ0v) is 45.6. The first-order chi connectivity index (χ1) is 33.7. The van der Waals surface area contributed by atoms with Gasteiger partial charge in [0.25, 0.3) is 0 Å². The van der Waals surface area contributed by atoms with Crippen LogP contribution in [0.15, 0.2) is 115 Å². The van der Waals surface area contributed by atoms with Crippen LogP contribution in [0.25, 0.3) is 62.6 Å². The normalized spacial score (nSPS) is 21.7. The van der Waals surface area contributed by atoms with E-state index >= 15 is 0 Å². The molecule has 1 saturated carbocycles. The molecule has 0 radical (unpaired) electrons. The third-order valence-electron chi connectivity index (χ3n) is 19.1. The van der Waals surface area contributed by atoms with E-state index in [0.29, 0.717) is 0 Å². The largest absolute Gasteiger partial charge is 0.376 e. The van der Waals surface area contributed by atoms with Gasteiger partial charge >= 0.3 is 6.85 Å². The van der Waals surface area contributed by atoms with E-state index in [2.05, 4.69) is 208 Å². The molecule has 2 aromatic heterocycles. The summed E-state index contributed by atoms with van der Waals surface area (Å²) < 4.78 is 5.55. The lowest BCUT2D eigenvalue weighted by molar-refractivity contribution is 0.195. The number of rotatable bonds is 2. The van der Waals surface area contributed by atoms with Crippen molar-refractivity contribution in [3.05, 3.63) is 143 Å². The van der Waals surface area contributed by atoms with Crippen molar-refractivity contribution in [2.45, 2.75) is 154 Å². The predicted molar refractivity (Wildman–Crippen MR) is 312 cm³/mol. The standard InChI is InChI=1S/C66H67BN2S2/c1-61(2,3)39-24-25-50(42(30-39)38-20-14-13-15-21-38)69-51-36-55-43(44-34-46-47(35-54(44)71-55)64(9,10)29-28-63(46,7)8)33-45(51)58-57-41-22-16-17-23-53(41)70-56(57)37-52-59(58)67(69)49-32-40(62(4,5)6)31-48-60(49)68(52)66(12)27-19-18-26-65(48,66)11/h13-17,20-25,30-37H,18-19,26-29H2,1-12H3. The van der Waals surface area contributed by atoms with Gasteiger partial charge in [-0.2, -0.15) is 0 Å². The summed E-state index contributed by atoms with van der Waals surface area (Å²) in [4.78, 5) is 5.81. The van der Waals surface area contributed by atoms with Crippen LogP contribution in [0, 0.1) is 0 Å². The van der Waals surface area contributed by atoms with Crippen molar-refractivity contribution >= 4 is 104 Å².